The molecule has 0 aliphatic carbocycles. The monoisotopic (exact) mass is 452 g/mol. The highest BCUT2D eigenvalue weighted by atomic mass is 19.1. The number of carbonyl (C=O) groups excluding carboxylic acids is 1. The van der Waals surface area contributed by atoms with E-state index in [0.29, 0.717) is 56.7 Å². The number of nitrogen functional groups attached to an aromatic ring is 1. The van der Waals surface area contributed by atoms with E-state index >= 15 is 0 Å². The first-order valence-corrected chi connectivity index (χ1v) is 11.5. The molecular formula is C24H29FN6O2. The van der Waals surface area contributed by atoms with Crippen LogP contribution in [0.3, 0.4) is 0 Å². The summed E-state index contributed by atoms with van der Waals surface area (Å²) < 4.78 is 18.7. The van der Waals surface area contributed by atoms with Gasteiger partial charge in [-0.2, -0.15) is 4.98 Å². The van der Waals surface area contributed by atoms with Crippen LogP contribution in [0.25, 0.3) is 22.3 Å². The molecule has 3 N–H and O–H groups in total. The molecule has 1 fully saturated rings. The molecule has 2 aromatic heterocycles. The minimum absolute atomic E-state index is 0.0317. The van der Waals surface area contributed by atoms with Gasteiger partial charge in [-0.15, -0.1) is 0 Å². The summed E-state index contributed by atoms with van der Waals surface area (Å²) in [4.78, 5) is 28.6. The maximum Gasteiger partial charge on any atom is 0.320 e. The lowest BCUT2D eigenvalue weighted by Gasteiger charge is -2.35. The number of nitrogens with zero attached hydrogens (tertiary/aromatic N) is 4. The van der Waals surface area contributed by atoms with E-state index in [1.54, 1.807) is 6.20 Å². The third-order valence-corrected chi connectivity index (χ3v) is 6.68. The average molecular weight is 453 g/mol. The van der Waals surface area contributed by atoms with Gasteiger partial charge in [0.05, 0.1) is 25.3 Å². The van der Waals surface area contributed by atoms with Crippen LogP contribution in [0, 0.1) is 12.8 Å². The van der Waals surface area contributed by atoms with Crippen molar-refractivity contribution in [2.45, 2.75) is 32.7 Å². The second kappa shape index (κ2) is 8.88. The Kier molecular flexibility index (Phi) is 5.78. The smallest absolute Gasteiger partial charge is 0.320 e. The highest BCUT2D eigenvalue weighted by Crippen LogP contribution is 2.34. The number of rotatable bonds is 3. The fourth-order valence-electron chi connectivity index (χ4n) is 4.89. The molecule has 1 saturated heterocycles. The molecule has 33 heavy (non-hydrogen) atoms. The van der Waals surface area contributed by atoms with E-state index in [-0.39, 0.29) is 12.7 Å². The number of urea groups is 1. The SMILES string of the molecule is Cc1cc(-c2cnc3nc(N)[nH]c3c2)cc2c1OCCN(C(=O)N1CCC(CCF)CC1)C2. The number of hydrogen-bond donors (Lipinski definition) is 2. The van der Waals surface area contributed by atoms with E-state index in [2.05, 4.69) is 27.1 Å². The lowest BCUT2D eigenvalue weighted by molar-refractivity contribution is 0.124. The van der Waals surface area contributed by atoms with Crippen molar-refractivity contribution < 1.29 is 13.9 Å². The van der Waals surface area contributed by atoms with E-state index < -0.39 is 0 Å². The molecule has 9 heteroatoms. The normalized spacial score (nSPS) is 17.0. The number of halogens is 1. The third-order valence-electron chi connectivity index (χ3n) is 6.68. The van der Waals surface area contributed by atoms with Gasteiger partial charge in [-0.25, -0.2) is 9.78 Å². The fraction of sp³-hybridized carbons (Fsp3) is 0.458. The first-order valence-electron chi connectivity index (χ1n) is 11.5. The van der Waals surface area contributed by atoms with Gasteiger partial charge in [0.2, 0.25) is 0 Å². The van der Waals surface area contributed by atoms with Crippen LogP contribution in [0.15, 0.2) is 24.4 Å². The topological polar surface area (TPSA) is 100 Å². The predicted octanol–water partition coefficient (Wildman–Crippen LogP) is 3.90. The molecule has 1 aromatic carbocycles. The second-order valence-corrected chi connectivity index (χ2v) is 8.96. The minimum Gasteiger partial charge on any atom is -0.491 e. The number of carbonyl (C=O) groups is 1. The number of pyridine rings is 1. The summed E-state index contributed by atoms with van der Waals surface area (Å²) in [6, 6.07) is 6.16. The van der Waals surface area contributed by atoms with Crippen molar-refractivity contribution in [1.29, 1.82) is 0 Å². The summed E-state index contributed by atoms with van der Waals surface area (Å²) in [6.45, 7) is 4.59. The van der Waals surface area contributed by atoms with Crippen LogP contribution in [-0.2, 0) is 6.54 Å². The number of hydrogen-bond acceptors (Lipinski definition) is 5. The number of ether oxygens (including phenoxy) is 1. The van der Waals surface area contributed by atoms with Crippen LogP contribution in [-0.4, -0.2) is 63.7 Å². The number of benzene rings is 1. The molecule has 2 amide bonds. The van der Waals surface area contributed by atoms with Gasteiger partial charge >= 0.3 is 6.03 Å². The van der Waals surface area contributed by atoms with E-state index in [4.69, 9.17) is 10.5 Å². The number of aromatic nitrogens is 3. The molecule has 0 spiro atoms. The average Bonchev–Trinajstić information content (AvgIpc) is 3.04. The van der Waals surface area contributed by atoms with Gasteiger partial charge in [-0.1, -0.05) is 0 Å². The molecule has 0 bridgehead atoms. The zero-order valence-electron chi connectivity index (χ0n) is 18.8. The Morgan fingerprint density at radius 2 is 2.03 bits per heavy atom. The van der Waals surface area contributed by atoms with Crippen molar-refractivity contribution in [1.82, 2.24) is 24.8 Å². The van der Waals surface area contributed by atoms with Crippen molar-refractivity contribution in [2.75, 3.05) is 38.6 Å². The van der Waals surface area contributed by atoms with Crippen molar-refractivity contribution in [3.63, 3.8) is 0 Å². The third kappa shape index (κ3) is 4.31. The zero-order valence-corrected chi connectivity index (χ0v) is 18.8. The molecule has 2 aliphatic rings. The summed E-state index contributed by atoms with van der Waals surface area (Å²) in [7, 11) is 0. The van der Waals surface area contributed by atoms with E-state index in [1.165, 1.54) is 0 Å². The van der Waals surface area contributed by atoms with Gasteiger partial charge in [0.15, 0.2) is 11.6 Å². The molecule has 0 radical (unpaired) electrons. The summed E-state index contributed by atoms with van der Waals surface area (Å²) in [5.41, 5.74) is 11.1. The summed E-state index contributed by atoms with van der Waals surface area (Å²) in [5, 5.41) is 0. The minimum atomic E-state index is -0.281. The number of aromatic amines is 1. The molecule has 0 saturated carbocycles. The number of nitrogens with two attached hydrogens (primary N) is 1. The highest BCUT2D eigenvalue weighted by molar-refractivity contribution is 5.80. The molecule has 0 unspecified atom stereocenters. The molecule has 2 aliphatic heterocycles. The van der Waals surface area contributed by atoms with E-state index in [1.807, 2.05) is 22.8 Å². The Labute approximate surface area is 191 Å². The molecule has 5 rings (SSSR count). The number of anilines is 1. The van der Waals surface area contributed by atoms with Gasteiger partial charge in [0.1, 0.15) is 12.4 Å². The van der Waals surface area contributed by atoms with E-state index in [0.717, 1.165) is 46.4 Å². The Balaban J connectivity index is 1.38. The van der Waals surface area contributed by atoms with Gasteiger partial charge in [-0.3, -0.25) is 4.39 Å². The van der Waals surface area contributed by atoms with Gasteiger partial charge in [0.25, 0.3) is 0 Å². The first-order chi connectivity index (χ1) is 16.0. The standard InChI is InChI=1S/C24H29FN6O2/c1-15-10-17(18-12-20-22(27-13-18)29-23(26)28-20)11-19-14-31(8-9-33-21(15)19)24(32)30-6-3-16(2-5-25)4-7-30/h10-13,16H,2-9,14H2,1H3,(H3,26,27,28,29). The predicted molar refractivity (Wildman–Crippen MR) is 125 cm³/mol. The van der Waals surface area contributed by atoms with Crippen molar-refractivity contribution >= 4 is 23.1 Å². The van der Waals surface area contributed by atoms with Crippen molar-refractivity contribution in [3.05, 3.63) is 35.5 Å². The Morgan fingerprint density at radius 3 is 2.82 bits per heavy atom. The Morgan fingerprint density at radius 1 is 1.21 bits per heavy atom. The quantitative estimate of drug-likeness (QED) is 0.628. The van der Waals surface area contributed by atoms with Gasteiger partial charge in [-0.05, 0) is 61.4 Å². The van der Waals surface area contributed by atoms with Gasteiger partial charge in [0, 0.05) is 30.4 Å². The first kappa shape index (κ1) is 21.5. The molecule has 8 nitrogen and oxygen atoms in total. The zero-order chi connectivity index (χ0) is 22.9. The summed E-state index contributed by atoms with van der Waals surface area (Å²) in [6.07, 6.45) is 4.12. The van der Waals surface area contributed by atoms with Crippen molar-refractivity contribution in [3.8, 4) is 16.9 Å². The van der Waals surface area contributed by atoms with Gasteiger partial charge < -0.3 is 25.3 Å². The number of fused-ring (bicyclic) bond motifs is 2. The van der Waals surface area contributed by atoms with Crippen LogP contribution in [0.1, 0.15) is 30.4 Å². The molecule has 3 aromatic rings. The molecular weight excluding hydrogens is 423 g/mol. The number of aryl methyl sites for hydroxylation is 1. The van der Waals surface area contributed by atoms with Crippen LogP contribution < -0.4 is 10.5 Å². The molecule has 174 valence electrons. The number of alkyl halides is 1. The molecule has 0 atom stereocenters. The maximum atomic E-state index is 13.3. The van der Waals surface area contributed by atoms with E-state index in [9.17, 15) is 9.18 Å². The summed E-state index contributed by atoms with van der Waals surface area (Å²) >= 11 is 0. The number of amides is 2. The maximum absolute atomic E-state index is 13.3. The number of nitrogens with one attached hydrogen (secondary N) is 1. The van der Waals surface area contributed by atoms with Crippen molar-refractivity contribution in [2.24, 2.45) is 5.92 Å². The van der Waals surface area contributed by atoms with Crippen LogP contribution >= 0.6 is 0 Å². The summed E-state index contributed by atoms with van der Waals surface area (Å²) in [5.74, 6) is 1.56. The number of likely N-dealkylation sites (tertiary alicyclic amines) is 1. The lowest BCUT2D eigenvalue weighted by atomic mass is 9.94. The highest BCUT2D eigenvalue weighted by Gasteiger charge is 2.28. The van der Waals surface area contributed by atoms with Crippen LogP contribution in [0.5, 0.6) is 5.75 Å². The number of imidazole rings is 1. The lowest BCUT2D eigenvalue weighted by Crippen LogP contribution is -2.47. The van der Waals surface area contributed by atoms with Crippen LogP contribution in [0.4, 0.5) is 15.1 Å². The number of H-pyrrole nitrogens is 1. The second-order valence-electron chi connectivity index (χ2n) is 8.96. The largest absolute Gasteiger partial charge is 0.491 e. The Bertz CT molecular complexity index is 1170. The fourth-order valence-corrected chi connectivity index (χ4v) is 4.89. The Hall–Kier alpha value is -3.36. The molecule has 4 heterocycles. The van der Waals surface area contributed by atoms with Crippen LogP contribution in [0.2, 0.25) is 0 Å². The number of piperidine rings is 1.